The number of hydrogen-bond donors (Lipinski definition) is 7. The highest BCUT2D eigenvalue weighted by Gasteiger charge is 2.37. The molecular formula is C42H65N6O12PS2. The molecule has 1 aromatic carbocycles. The molecule has 18 nitrogen and oxygen atoms in total. The van der Waals surface area contributed by atoms with Crippen molar-refractivity contribution in [2.24, 2.45) is 17.8 Å². The number of thiol groups is 1. The van der Waals surface area contributed by atoms with E-state index in [4.69, 9.17) is 9.26 Å². The third-order valence-corrected chi connectivity index (χ3v) is 12.9. The number of esters is 1. The van der Waals surface area contributed by atoms with Gasteiger partial charge in [0.15, 0.2) is 11.9 Å². The Morgan fingerprint density at radius 1 is 1.08 bits per heavy atom. The minimum absolute atomic E-state index is 0.0234. The number of aromatic nitrogens is 1. The van der Waals surface area contributed by atoms with E-state index in [0.29, 0.717) is 35.6 Å². The van der Waals surface area contributed by atoms with Gasteiger partial charge in [-0.05, 0) is 81.0 Å². The molecule has 1 aromatic heterocycles. The van der Waals surface area contributed by atoms with Crippen LogP contribution in [0.3, 0.4) is 0 Å². The molecule has 0 aliphatic carbocycles. The van der Waals surface area contributed by atoms with Crippen LogP contribution in [0.25, 0.3) is 0 Å². The van der Waals surface area contributed by atoms with Gasteiger partial charge in [-0.2, -0.15) is 12.6 Å². The summed E-state index contributed by atoms with van der Waals surface area (Å²) in [6.45, 7) is 11.3. The third-order valence-electron chi connectivity index (χ3n) is 11.2. The molecule has 1 unspecified atom stereocenters. The zero-order valence-corrected chi connectivity index (χ0v) is 40.0. The molecule has 352 valence electrons. The summed E-state index contributed by atoms with van der Waals surface area (Å²) in [5.41, 5.74) is 0.418. The summed E-state index contributed by atoms with van der Waals surface area (Å²) in [6.07, 6.45) is 3.00. The molecule has 0 radical (unpaired) electrons. The van der Waals surface area contributed by atoms with E-state index in [-0.39, 0.29) is 72.5 Å². The van der Waals surface area contributed by atoms with Crippen molar-refractivity contribution in [2.75, 3.05) is 31.7 Å². The Kier molecular flexibility index (Phi) is 21.0. The molecule has 3 rings (SSSR count). The highest BCUT2D eigenvalue weighted by molar-refractivity contribution is 7.80. The molecule has 2 aromatic rings. The number of thiazole rings is 1. The van der Waals surface area contributed by atoms with Crippen LogP contribution < -0.4 is 20.5 Å². The van der Waals surface area contributed by atoms with Crippen molar-refractivity contribution in [1.82, 2.24) is 25.4 Å². The lowest BCUT2D eigenvalue weighted by Crippen LogP contribution is -2.58. The molecule has 1 saturated heterocycles. The van der Waals surface area contributed by atoms with Crippen molar-refractivity contribution < 1.29 is 57.5 Å². The van der Waals surface area contributed by atoms with Crippen molar-refractivity contribution in [1.29, 1.82) is 0 Å². The van der Waals surface area contributed by atoms with Gasteiger partial charge in [0.25, 0.3) is 5.91 Å². The maximum Gasteiger partial charge on any atom is 0.524 e. The molecule has 1 aliphatic rings. The van der Waals surface area contributed by atoms with E-state index >= 15 is 0 Å². The molecule has 7 atom stereocenters. The van der Waals surface area contributed by atoms with Crippen LogP contribution in [0.2, 0.25) is 0 Å². The molecule has 0 spiro atoms. The highest BCUT2D eigenvalue weighted by Crippen LogP contribution is 2.41. The smallest absolute Gasteiger partial charge is 0.481 e. The number of rotatable bonds is 24. The fraction of sp³-hybridized carbons (Fsp3) is 0.643. The number of hydrogen-bond acceptors (Lipinski definition) is 13. The third kappa shape index (κ3) is 16.8. The van der Waals surface area contributed by atoms with Crippen LogP contribution in [0.15, 0.2) is 23.6 Å². The number of ether oxygens (including phenoxy) is 1. The van der Waals surface area contributed by atoms with E-state index in [0.717, 1.165) is 30.7 Å². The van der Waals surface area contributed by atoms with E-state index in [9.17, 15) is 48.2 Å². The molecule has 0 saturated carbocycles. The van der Waals surface area contributed by atoms with E-state index in [1.54, 1.807) is 11.9 Å². The number of carbonyl (C=O) groups is 6. The van der Waals surface area contributed by atoms with Gasteiger partial charge in [-0.25, -0.2) is 9.55 Å². The standard InChI is InChI=1S/C42H65N6O12PS2/c1-9-25(4)37(46-39(52)32-13-10-11-17-47(32)7)41(53)48(8)33(24(2)3)22-35(59-27(6)49)40-45-31(23-63-40)38(51)43-29(19-26(5)42(54)55)20-28-15-16-34(60-61(56,57)58)30(21-28)44-36(50)14-12-18-62/h15-16,21,23-26,29,32-33,35,37,62H,9-14,17-20,22H2,1-8H3,(H,43,51)(H,44,50)(H,46,52)(H,54,55)(H2,56,57,58)/t25-,26?,29+,32+,33+,35+,37-/m0/s1. The monoisotopic (exact) mass is 940 g/mol. The SMILES string of the molecule is CC[C@H](C)[C@H](NC(=O)[C@H]1CCCCN1C)C(=O)N(C)[C@H](C[C@@H](OC(C)=O)c1nc(C(=O)N[C@@H](Cc2ccc(OP(=O)(O)O)c(NC(=O)CCCS)c2)CC(C)C(=O)O)cs1)C(C)C. The lowest BCUT2D eigenvalue weighted by atomic mass is 9.92. The summed E-state index contributed by atoms with van der Waals surface area (Å²) < 4.78 is 22.3. The summed E-state index contributed by atoms with van der Waals surface area (Å²) in [5, 5.41) is 20.0. The second kappa shape index (κ2) is 24.8. The Bertz CT molecular complexity index is 1950. The normalized spacial score (nSPS) is 17.4. The van der Waals surface area contributed by atoms with Crippen molar-refractivity contribution in [3.63, 3.8) is 0 Å². The van der Waals surface area contributed by atoms with E-state index in [2.05, 4.69) is 33.6 Å². The predicted molar refractivity (Wildman–Crippen MR) is 241 cm³/mol. The molecule has 4 amide bonds. The number of benzene rings is 1. The van der Waals surface area contributed by atoms with Crippen LogP contribution >= 0.6 is 31.8 Å². The van der Waals surface area contributed by atoms with Gasteiger partial charge in [-0.15, -0.1) is 11.3 Å². The number of carbonyl (C=O) groups excluding carboxylic acids is 5. The van der Waals surface area contributed by atoms with Gasteiger partial charge in [0.2, 0.25) is 17.7 Å². The lowest BCUT2D eigenvalue weighted by molar-refractivity contribution is -0.149. The first-order valence-corrected chi connectivity index (χ1v) is 24.3. The molecule has 21 heteroatoms. The average Bonchev–Trinajstić information content (AvgIpc) is 3.71. The summed E-state index contributed by atoms with van der Waals surface area (Å²) in [6, 6.07) is 1.77. The second-order valence-electron chi connectivity index (χ2n) is 16.7. The number of piperidine rings is 1. The number of nitrogens with zero attached hydrogens (tertiary/aromatic N) is 3. The largest absolute Gasteiger partial charge is 0.524 e. The van der Waals surface area contributed by atoms with Crippen LogP contribution in [0.5, 0.6) is 5.75 Å². The Labute approximate surface area is 379 Å². The minimum atomic E-state index is -5.01. The first kappa shape index (κ1) is 53.3. The zero-order valence-electron chi connectivity index (χ0n) is 37.4. The Morgan fingerprint density at radius 3 is 2.37 bits per heavy atom. The molecule has 1 fully saturated rings. The van der Waals surface area contributed by atoms with E-state index < -0.39 is 61.7 Å². The number of aliphatic carboxylic acids is 1. The molecule has 6 N–H and O–H groups in total. The second-order valence-corrected chi connectivity index (χ2v) is 19.2. The Balaban J connectivity index is 1.88. The highest BCUT2D eigenvalue weighted by atomic mass is 32.1. The maximum atomic E-state index is 14.3. The van der Waals surface area contributed by atoms with E-state index in [1.807, 2.05) is 39.6 Å². The quantitative estimate of drug-likeness (QED) is 0.0406. The van der Waals surface area contributed by atoms with Gasteiger partial charge in [0.05, 0.1) is 17.6 Å². The number of nitrogens with one attached hydrogen (secondary N) is 3. The number of phosphoric acid groups is 1. The summed E-state index contributed by atoms with van der Waals surface area (Å²) in [5.74, 6) is -4.32. The Morgan fingerprint density at radius 2 is 1.78 bits per heavy atom. The summed E-state index contributed by atoms with van der Waals surface area (Å²) in [7, 11) is -1.43. The van der Waals surface area contributed by atoms with Gasteiger partial charge < -0.3 is 35.2 Å². The van der Waals surface area contributed by atoms with Crippen LogP contribution in [-0.4, -0.2) is 116 Å². The van der Waals surface area contributed by atoms with Crippen molar-refractivity contribution in [3.8, 4) is 5.75 Å². The van der Waals surface area contributed by atoms with Crippen molar-refractivity contribution in [2.45, 2.75) is 130 Å². The molecular weight excluding hydrogens is 876 g/mol. The maximum absolute atomic E-state index is 14.3. The first-order valence-electron chi connectivity index (χ1n) is 21.3. The molecule has 63 heavy (non-hydrogen) atoms. The van der Waals surface area contributed by atoms with Crippen LogP contribution in [0, 0.1) is 17.8 Å². The number of carboxylic acid groups (broad SMARTS) is 1. The topological polar surface area (TPSA) is 254 Å². The number of phosphoric ester groups is 1. The van der Waals surface area contributed by atoms with Crippen LogP contribution in [0.1, 0.15) is 120 Å². The Hall–Kier alpha value is -4.07. The summed E-state index contributed by atoms with van der Waals surface area (Å²) in [4.78, 5) is 106. The number of amides is 4. The average molecular weight is 941 g/mol. The van der Waals surface area contributed by atoms with Gasteiger partial charge >= 0.3 is 19.8 Å². The van der Waals surface area contributed by atoms with E-state index in [1.165, 1.54) is 37.4 Å². The minimum Gasteiger partial charge on any atom is -0.481 e. The lowest BCUT2D eigenvalue weighted by Gasteiger charge is -2.38. The number of anilines is 1. The van der Waals surface area contributed by atoms with Gasteiger partial charge in [-0.3, -0.25) is 43.5 Å². The van der Waals surface area contributed by atoms with Crippen molar-refractivity contribution >= 4 is 73.0 Å². The number of likely N-dealkylation sites (tertiary alicyclic amines) is 1. The van der Waals surface area contributed by atoms with Gasteiger partial charge in [-0.1, -0.05) is 53.5 Å². The fourth-order valence-corrected chi connectivity index (χ4v) is 8.90. The number of likely N-dealkylation sites (N-methyl/N-ethyl adjacent to an activating group) is 2. The molecule has 0 bridgehead atoms. The van der Waals surface area contributed by atoms with Crippen LogP contribution in [0.4, 0.5) is 5.69 Å². The first-order chi connectivity index (χ1) is 29.5. The van der Waals surface area contributed by atoms with Gasteiger partial charge in [0.1, 0.15) is 16.7 Å². The summed E-state index contributed by atoms with van der Waals surface area (Å²) >= 11 is 5.19. The van der Waals surface area contributed by atoms with Gasteiger partial charge in [0, 0.05) is 44.3 Å². The zero-order chi connectivity index (χ0) is 47.2. The van der Waals surface area contributed by atoms with Crippen LogP contribution in [-0.2, 0) is 39.7 Å². The number of carboxylic acids is 1. The molecule has 1 aliphatic heterocycles. The fourth-order valence-electron chi connectivity index (χ4n) is 7.48. The predicted octanol–water partition coefficient (Wildman–Crippen LogP) is 5.21. The van der Waals surface area contributed by atoms with Crippen molar-refractivity contribution in [3.05, 3.63) is 39.8 Å². The molecule has 2 heterocycles.